The number of benzene rings is 2. The lowest BCUT2D eigenvalue weighted by Crippen LogP contribution is -2.47. The molecule has 0 saturated carbocycles. The molecule has 0 aromatic heterocycles. The Morgan fingerprint density at radius 3 is 2.64 bits per heavy atom. The minimum absolute atomic E-state index is 0.0699. The maximum absolute atomic E-state index is 13.3. The van der Waals surface area contributed by atoms with Crippen LogP contribution in [0.25, 0.3) is 0 Å². The Balaban J connectivity index is 1.89. The van der Waals surface area contributed by atoms with Gasteiger partial charge in [-0.1, -0.05) is 35.9 Å². The number of aryl methyl sites for hydroxylation is 1. The zero-order chi connectivity index (χ0) is 20.1. The molecule has 1 saturated heterocycles. The summed E-state index contributed by atoms with van der Waals surface area (Å²) in [4.78, 5) is 27.4. The van der Waals surface area contributed by atoms with E-state index in [-0.39, 0.29) is 29.6 Å². The second kappa shape index (κ2) is 8.83. The smallest absolute Gasteiger partial charge is 0.254 e. The standard InChI is InChI=1S/C23H25FN2O2/c1-3-13-25-22(27)19-9-12-21(18-6-4-5-16(2)14-18)26(15-19)23(28)17-7-10-20(24)11-8-17/h3-8,10-11,14,19,21H,1,9,12-13,15H2,2H3,(H,25,27)/t19-,21-/m1/s1. The summed E-state index contributed by atoms with van der Waals surface area (Å²) in [5.41, 5.74) is 2.60. The second-order valence-electron chi connectivity index (χ2n) is 7.20. The van der Waals surface area contributed by atoms with Crippen LogP contribution >= 0.6 is 0 Å². The average molecular weight is 380 g/mol. The highest BCUT2D eigenvalue weighted by Crippen LogP contribution is 2.35. The zero-order valence-corrected chi connectivity index (χ0v) is 16.0. The topological polar surface area (TPSA) is 49.4 Å². The van der Waals surface area contributed by atoms with Crippen LogP contribution in [0.2, 0.25) is 0 Å². The monoisotopic (exact) mass is 380 g/mol. The quantitative estimate of drug-likeness (QED) is 0.796. The highest BCUT2D eigenvalue weighted by molar-refractivity contribution is 5.95. The molecule has 0 aliphatic carbocycles. The Kier molecular flexibility index (Phi) is 6.24. The molecule has 1 fully saturated rings. The highest BCUT2D eigenvalue weighted by atomic mass is 19.1. The molecule has 1 heterocycles. The molecule has 2 aromatic carbocycles. The van der Waals surface area contributed by atoms with E-state index < -0.39 is 0 Å². The van der Waals surface area contributed by atoms with Crippen LogP contribution in [0.4, 0.5) is 4.39 Å². The molecular formula is C23H25FN2O2. The van der Waals surface area contributed by atoms with E-state index in [1.165, 1.54) is 24.3 Å². The third kappa shape index (κ3) is 4.47. The van der Waals surface area contributed by atoms with Gasteiger partial charge in [0.05, 0.1) is 12.0 Å². The minimum atomic E-state index is -0.382. The van der Waals surface area contributed by atoms with Gasteiger partial charge < -0.3 is 10.2 Å². The van der Waals surface area contributed by atoms with Crippen LogP contribution in [-0.2, 0) is 4.79 Å². The number of hydrogen-bond donors (Lipinski definition) is 1. The van der Waals surface area contributed by atoms with Gasteiger partial charge in [0.1, 0.15) is 5.82 Å². The van der Waals surface area contributed by atoms with E-state index in [1.807, 2.05) is 25.1 Å². The Labute approximate surface area is 165 Å². The molecule has 2 amide bonds. The van der Waals surface area contributed by atoms with E-state index in [9.17, 15) is 14.0 Å². The van der Waals surface area contributed by atoms with E-state index in [0.29, 0.717) is 31.5 Å². The summed E-state index contributed by atoms with van der Waals surface area (Å²) in [6.45, 7) is 6.37. The Morgan fingerprint density at radius 1 is 1.21 bits per heavy atom. The van der Waals surface area contributed by atoms with Crippen LogP contribution in [0.5, 0.6) is 0 Å². The SMILES string of the molecule is C=CCNC(=O)[C@@H]1CC[C@H](c2cccc(C)c2)N(C(=O)c2ccc(F)cc2)C1. The summed E-state index contributed by atoms with van der Waals surface area (Å²) >= 11 is 0. The first-order chi connectivity index (χ1) is 13.5. The number of carbonyl (C=O) groups excluding carboxylic acids is 2. The van der Waals surface area contributed by atoms with Gasteiger partial charge in [-0.05, 0) is 49.6 Å². The summed E-state index contributed by atoms with van der Waals surface area (Å²) in [5.74, 6) is -0.912. The molecule has 0 radical (unpaired) electrons. The van der Waals surface area contributed by atoms with Crippen molar-refractivity contribution >= 4 is 11.8 Å². The molecular weight excluding hydrogens is 355 g/mol. The van der Waals surface area contributed by atoms with Crippen LogP contribution in [0.15, 0.2) is 61.2 Å². The molecule has 1 aliphatic heterocycles. The molecule has 2 atom stereocenters. The highest BCUT2D eigenvalue weighted by Gasteiger charge is 2.35. The first-order valence-electron chi connectivity index (χ1n) is 9.51. The molecule has 5 heteroatoms. The van der Waals surface area contributed by atoms with Gasteiger partial charge in [0.25, 0.3) is 5.91 Å². The lowest BCUT2D eigenvalue weighted by molar-refractivity contribution is -0.126. The van der Waals surface area contributed by atoms with E-state index in [2.05, 4.69) is 18.0 Å². The number of amides is 2. The van der Waals surface area contributed by atoms with E-state index >= 15 is 0 Å². The number of likely N-dealkylation sites (tertiary alicyclic amines) is 1. The van der Waals surface area contributed by atoms with Crippen LogP contribution in [0.3, 0.4) is 0 Å². The maximum atomic E-state index is 13.3. The first kappa shape index (κ1) is 19.8. The van der Waals surface area contributed by atoms with Gasteiger partial charge in [-0.25, -0.2) is 4.39 Å². The normalized spacial score (nSPS) is 19.1. The van der Waals surface area contributed by atoms with Gasteiger partial charge in [0, 0.05) is 18.7 Å². The fourth-order valence-corrected chi connectivity index (χ4v) is 3.71. The summed E-state index contributed by atoms with van der Waals surface area (Å²) in [6.07, 6.45) is 3.04. The van der Waals surface area contributed by atoms with Crippen molar-refractivity contribution in [3.05, 3.63) is 83.7 Å². The van der Waals surface area contributed by atoms with Gasteiger partial charge in [0.15, 0.2) is 0 Å². The fraction of sp³-hybridized carbons (Fsp3) is 0.304. The fourth-order valence-electron chi connectivity index (χ4n) is 3.71. The molecule has 28 heavy (non-hydrogen) atoms. The zero-order valence-electron chi connectivity index (χ0n) is 16.0. The Bertz CT molecular complexity index is 863. The summed E-state index contributed by atoms with van der Waals surface area (Å²) < 4.78 is 13.3. The van der Waals surface area contributed by atoms with Gasteiger partial charge in [0.2, 0.25) is 5.91 Å². The number of hydrogen-bond acceptors (Lipinski definition) is 2. The predicted molar refractivity (Wildman–Crippen MR) is 107 cm³/mol. The van der Waals surface area contributed by atoms with Crippen molar-refractivity contribution in [3.63, 3.8) is 0 Å². The second-order valence-corrected chi connectivity index (χ2v) is 7.20. The lowest BCUT2D eigenvalue weighted by atomic mass is 9.87. The van der Waals surface area contributed by atoms with E-state index in [1.54, 1.807) is 11.0 Å². The molecule has 1 N–H and O–H groups in total. The van der Waals surface area contributed by atoms with Crippen molar-refractivity contribution < 1.29 is 14.0 Å². The molecule has 0 unspecified atom stereocenters. The average Bonchev–Trinajstić information content (AvgIpc) is 2.71. The number of nitrogens with zero attached hydrogens (tertiary/aromatic N) is 1. The third-order valence-corrected chi connectivity index (χ3v) is 5.15. The number of piperidine rings is 1. The minimum Gasteiger partial charge on any atom is -0.352 e. The van der Waals surface area contributed by atoms with Crippen molar-refractivity contribution in [3.8, 4) is 0 Å². The number of halogens is 1. The van der Waals surface area contributed by atoms with Gasteiger partial charge in [-0.15, -0.1) is 6.58 Å². The largest absolute Gasteiger partial charge is 0.352 e. The van der Waals surface area contributed by atoms with E-state index in [0.717, 1.165) is 11.1 Å². The predicted octanol–water partition coefficient (Wildman–Crippen LogP) is 4.03. The number of carbonyl (C=O) groups is 2. The van der Waals surface area contributed by atoms with Crippen molar-refractivity contribution in [1.82, 2.24) is 10.2 Å². The lowest BCUT2D eigenvalue weighted by Gasteiger charge is -2.39. The van der Waals surface area contributed by atoms with E-state index in [4.69, 9.17) is 0 Å². The molecule has 1 aliphatic rings. The molecule has 3 rings (SSSR count). The molecule has 0 spiro atoms. The molecule has 2 aromatic rings. The molecule has 4 nitrogen and oxygen atoms in total. The van der Waals surface area contributed by atoms with Crippen molar-refractivity contribution in [2.24, 2.45) is 5.92 Å². The summed E-state index contributed by atoms with van der Waals surface area (Å²) in [7, 11) is 0. The molecule has 0 bridgehead atoms. The summed E-state index contributed by atoms with van der Waals surface area (Å²) in [5, 5.41) is 2.83. The maximum Gasteiger partial charge on any atom is 0.254 e. The van der Waals surface area contributed by atoms with Crippen LogP contribution < -0.4 is 5.32 Å². The van der Waals surface area contributed by atoms with Crippen LogP contribution in [-0.4, -0.2) is 29.8 Å². The Hall–Kier alpha value is -2.95. The molecule has 146 valence electrons. The van der Waals surface area contributed by atoms with Gasteiger partial charge >= 0.3 is 0 Å². The number of rotatable bonds is 5. The first-order valence-corrected chi connectivity index (χ1v) is 9.51. The Morgan fingerprint density at radius 2 is 1.96 bits per heavy atom. The summed E-state index contributed by atoms with van der Waals surface area (Å²) in [6, 6.07) is 13.5. The van der Waals surface area contributed by atoms with Crippen LogP contribution in [0, 0.1) is 18.7 Å². The van der Waals surface area contributed by atoms with Gasteiger partial charge in [-0.2, -0.15) is 0 Å². The van der Waals surface area contributed by atoms with Crippen molar-refractivity contribution in [2.75, 3.05) is 13.1 Å². The van der Waals surface area contributed by atoms with Gasteiger partial charge in [-0.3, -0.25) is 9.59 Å². The van der Waals surface area contributed by atoms with Crippen LogP contribution in [0.1, 0.15) is 40.4 Å². The number of nitrogens with one attached hydrogen (secondary N) is 1. The van der Waals surface area contributed by atoms with Crippen molar-refractivity contribution in [1.29, 1.82) is 0 Å². The van der Waals surface area contributed by atoms with Crippen molar-refractivity contribution in [2.45, 2.75) is 25.8 Å². The third-order valence-electron chi connectivity index (χ3n) is 5.15.